The van der Waals surface area contributed by atoms with Gasteiger partial charge in [0.2, 0.25) is 0 Å². The Balaban J connectivity index is 1.58. The van der Waals surface area contributed by atoms with Gasteiger partial charge in [-0.2, -0.15) is 13.5 Å². The van der Waals surface area contributed by atoms with Crippen LogP contribution in [0.1, 0.15) is 52.0 Å². The number of carbonyl (C=O) groups is 1. The molecule has 2 aliphatic rings. The van der Waals surface area contributed by atoms with E-state index in [1.807, 2.05) is 27.7 Å². The number of benzene rings is 1. The molecule has 7 nitrogen and oxygen atoms in total. The summed E-state index contributed by atoms with van der Waals surface area (Å²) in [5.41, 5.74) is 0.429. The molecule has 0 radical (unpaired) electrons. The van der Waals surface area contributed by atoms with E-state index in [2.05, 4.69) is 15.2 Å². The Hall–Kier alpha value is -2.09. The van der Waals surface area contributed by atoms with E-state index in [0.29, 0.717) is 0 Å². The van der Waals surface area contributed by atoms with Gasteiger partial charge < -0.3 is 10.1 Å². The van der Waals surface area contributed by atoms with Gasteiger partial charge in [0.15, 0.2) is 0 Å². The van der Waals surface area contributed by atoms with Crippen LogP contribution in [-0.2, 0) is 14.8 Å². The summed E-state index contributed by atoms with van der Waals surface area (Å²) >= 11 is 0. The molecule has 154 valence electrons. The third-order valence-electron chi connectivity index (χ3n) is 5.66. The number of nitrogens with zero attached hydrogens (tertiary/aromatic N) is 1. The monoisotopic (exact) mass is 407 g/mol. The van der Waals surface area contributed by atoms with Crippen LogP contribution >= 0.6 is 0 Å². The van der Waals surface area contributed by atoms with Crippen molar-refractivity contribution < 1.29 is 17.9 Å². The van der Waals surface area contributed by atoms with Crippen molar-refractivity contribution in [1.29, 1.82) is 0 Å². The van der Waals surface area contributed by atoms with E-state index in [9.17, 15) is 13.2 Å². The fourth-order valence-corrected chi connectivity index (χ4v) is 4.75. The smallest absolute Gasteiger partial charge is 0.407 e. The van der Waals surface area contributed by atoms with Crippen LogP contribution in [0.15, 0.2) is 34.3 Å². The van der Waals surface area contributed by atoms with Crippen LogP contribution in [0, 0.1) is 18.3 Å². The van der Waals surface area contributed by atoms with E-state index >= 15 is 0 Å². The van der Waals surface area contributed by atoms with E-state index < -0.39 is 21.7 Å². The van der Waals surface area contributed by atoms with Crippen LogP contribution in [0.3, 0.4) is 0 Å². The SMILES string of the molecule is Cc1ccc(S(=O)(=O)N/N=C/C2CC(NC(=O)OC(C)(C)C)C23CCC3)cc1. The Morgan fingerprint density at radius 2 is 1.89 bits per heavy atom. The van der Waals surface area contributed by atoms with E-state index in [1.165, 1.54) is 0 Å². The van der Waals surface area contributed by atoms with Crippen molar-refractivity contribution >= 4 is 22.3 Å². The number of carbonyl (C=O) groups excluding carboxylic acids is 1. The normalized spacial score (nSPS) is 23.7. The van der Waals surface area contributed by atoms with E-state index in [-0.39, 0.29) is 22.3 Å². The Morgan fingerprint density at radius 1 is 1.25 bits per heavy atom. The summed E-state index contributed by atoms with van der Waals surface area (Å²) in [5, 5.41) is 6.98. The van der Waals surface area contributed by atoms with Crippen LogP contribution < -0.4 is 10.1 Å². The summed E-state index contributed by atoms with van der Waals surface area (Å²) in [5.74, 6) is 0.141. The third kappa shape index (κ3) is 4.32. The molecule has 8 heteroatoms. The number of sulfonamides is 1. The minimum Gasteiger partial charge on any atom is -0.444 e. The Kier molecular flexibility index (Phi) is 5.44. The first kappa shape index (κ1) is 20.6. The molecule has 3 rings (SSSR count). The number of hydrogen-bond acceptors (Lipinski definition) is 5. The molecule has 0 aliphatic heterocycles. The van der Waals surface area contributed by atoms with Gasteiger partial charge in [-0.25, -0.2) is 9.63 Å². The molecule has 0 bridgehead atoms. The zero-order valence-corrected chi connectivity index (χ0v) is 17.7. The van der Waals surface area contributed by atoms with Crippen LogP contribution in [0.2, 0.25) is 0 Å². The van der Waals surface area contributed by atoms with Crippen LogP contribution in [0.4, 0.5) is 4.79 Å². The second-order valence-electron chi connectivity index (χ2n) is 8.81. The predicted molar refractivity (Wildman–Crippen MR) is 108 cm³/mol. The number of hydrazone groups is 1. The highest BCUT2D eigenvalue weighted by Crippen LogP contribution is 2.59. The van der Waals surface area contributed by atoms with Gasteiger partial charge in [0, 0.05) is 18.2 Å². The summed E-state index contributed by atoms with van der Waals surface area (Å²) in [6.45, 7) is 7.41. The lowest BCUT2D eigenvalue weighted by atomic mass is 9.47. The minimum atomic E-state index is -3.67. The molecule has 2 aliphatic carbocycles. The lowest BCUT2D eigenvalue weighted by molar-refractivity contribution is -0.0552. The van der Waals surface area contributed by atoms with Crippen LogP contribution in [0.25, 0.3) is 0 Å². The first-order valence-corrected chi connectivity index (χ1v) is 11.1. The van der Waals surface area contributed by atoms with Gasteiger partial charge >= 0.3 is 6.09 Å². The standard InChI is InChI=1S/C20H29N3O4S/c1-14-6-8-16(9-7-14)28(25,26)23-21-13-15-12-17(20(15)10-5-11-20)22-18(24)27-19(2,3)4/h6-9,13,15,17,23H,5,10-12H2,1-4H3,(H,22,24)/b21-13+. The lowest BCUT2D eigenvalue weighted by Gasteiger charge is -2.60. The maximum absolute atomic E-state index is 12.3. The number of alkyl carbamates (subject to hydrolysis) is 1. The average molecular weight is 408 g/mol. The lowest BCUT2D eigenvalue weighted by Crippen LogP contribution is -2.65. The quantitative estimate of drug-likeness (QED) is 0.578. The molecule has 0 heterocycles. The Morgan fingerprint density at radius 3 is 2.43 bits per heavy atom. The zero-order chi connectivity index (χ0) is 20.6. The molecule has 1 aromatic rings. The van der Waals surface area contributed by atoms with Crippen molar-refractivity contribution in [1.82, 2.24) is 10.1 Å². The van der Waals surface area contributed by atoms with Gasteiger partial charge in [0.25, 0.3) is 10.0 Å². The Labute approximate surface area is 167 Å². The first-order chi connectivity index (χ1) is 13.0. The summed E-state index contributed by atoms with van der Waals surface area (Å²) in [7, 11) is -3.67. The van der Waals surface area contributed by atoms with Crippen molar-refractivity contribution in [3.05, 3.63) is 29.8 Å². The van der Waals surface area contributed by atoms with E-state index in [4.69, 9.17) is 4.74 Å². The number of ether oxygens (including phenoxy) is 1. The van der Waals surface area contributed by atoms with E-state index in [0.717, 1.165) is 31.2 Å². The first-order valence-electron chi connectivity index (χ1n) is 9.63. The summed E-state index contributed by atoms with van der Waals surface area (Å²) in [4.78, 5) is 14.5. The highest BCUT2D eigenvalue weighted by Gasteiger charge is 2.58. The Bertz CT molecular complexity index is 852. The fraction of sp³-hybridized carbons (Fsp3) is 0.600. The highest BCUT2D eigenvalue weighted by atomic mass is 32.2. The van der Waals surface area contributed by atoms with Crippen molar-refractivity contribution in [2.75, 3.05) is 0 Å². The van der Waals surface area contributed by atoms with Gasteiger partial charge in [-0.1, -0.05) is 24.1 Å². The van der Waals surface area contributed by atoms with Crippen LogP contribution in [0.5, 0.6) is 0 Å². The molecule has 1 spiro atoms. The molecule has 0 saturated heterocycles. The van der Waals surface area contributed by atoms with Gasteiger partial charge in [0.05, 0.1) is 4.90 Å². The summed E-state index contributed by atoms with van der Waals surface area (Å²) in [6, 6.07) is 6.66. The number of nitrogens with one attached hydrogen (secondary N) is 2. The predicted octanol–water partition coefficient (Wildman–Crippen LogP) is 3.34. The fourth-order valence-electron chi connectivity index (χ4n) is 3.95. The largest absolute Gasteiger partial charge is 0.444 e. The molecule has 2 atom stereocenters. The third-order valence-corrected chi connectivity index (χ3v) is 6.89. The number of amides is 1. The summed E-state index contributed by atoms with van der Waals surface area (Å²) in [6.07, 6.45) is 5.10. The second-order valence-corrected chi connectivity index (χ2v) is 10.5. The molecule has 2 saturated carbocycles. The van der Waals surface area contributed by atoms with Gasteiger partial charge in [0.1, 0.15) is 5.60 Å². The molecule has 2 unspecified atom stereocenters. The maximum Gasteiger partial charge on any atom is 0.407 e. The zero-order valence-electron chi connectivity index (χ0n) is 16.9. The number of aryl methyl sites for hydroxylation is 1. The molecule has 0 aromatic heterocycles. The van der Waals surface area contributed by atoms with Crippen molar-refractivity contribution in [3.63, 3.8) is 0 Å². The van der Waals surface area contributed by atoms with Gasteiger partial charge in [-0.3, -0.25) is 0 Å². The number of hydrogen-bond donors (Lipinski definition) is 2. The summed E-state index contributed by atoms with van der Waals surface area (Å²) < 4.78 is 30.0. The molecule has 28 heavy (non-hydrogen) atoms. The number of rotatable bonds is 5. The molecular formula is C20H29N3O4S. The average Bonchev–Trinajstić information content (AvgIpc) is 2.50. The highest BCUT2D eigenvalue weighted by molar-refractivity contribution is 7.89. The topological polar surface area (TPSA) is 96.9 Å². The van der Waals surface area contributed by atoms with Gasteiger partial charge in [-0.15, -0.1) is 0 Å². The molecule has 2 fully saturated rings. The molecule has 1 aromatic carbocycles. The molecular weight excluding hydrogens is 378 g/mol. The van der Waals surface area contributed by atoms with Crippen molar-refractivity contribution in [3.8, 4) is 0 Å². The molecule has 1 amide bonds. The van der Waals surface area contributed by atoms with Gasteiger partial charge in [-0.05, 0) is 64.5 Å². The second kappa shape index (κ2) is 7.39. The van der Waals surface area contributed by atoms with Crippen molar-refractivity contribution in [2.45, 2.75) is 69.9 Å². The van der Waals surface area contributed by atoms with Crippen molar-refractivity contribution in [2.24, 2.45) is 16.4 Å². The maximum atomic E-state index is 12.3. The van der Waals surface area contributed by atoms with E-state index in [1.54, 1.807) is 30.5 Å². The van der Waals surface area contributed by atoms with Crippen LogP contribution in [-0.4, -0.2) is 32.4 Å². The minimum absolute atomic E-state index is 0.0320. The molecule has 2 N–H and O–H groups in total.